The molecule has 244 valence electrons. The van der Waals surface area contributed by atoms with Crippen LogP contribution in [0.5, 0.6) is 0 Å². The molecule has 1 nitrogen and oxygen atoms in total. The first-order chi connectivity index (χ1) is 25.7. The Labute approximate surface area is 312 Å². The highest BCUT2D eigenvalue weighted by Gasteiger charge is 2.16. The lowest BCUT2D eigenvalue weighted by atomic mass is 10.0. The molecule has 0 spiro atoms. The zero-order chi connectivity index (χ0) is 34.2. The van der Waals surface area contributed by atoms with Crippen LogP contribution in [0.3, 0.4) is 0 Å². The summed E-state index contributed by atoms with van der Waals surface area (Å²) in [7, 11) is 0. The third kappa shape index (κ3) is 4.87. The van der Waals surface area contributed by atoms with Crippen molar-refractivity contribution in [1.29, 1.82) is 0 Å². The summed E-state index contributed by atoms with van der Waals surface area (Å²) in [6.07, 6.45) is 0. The van der Waals surface area contributed by atoms with Gasteiger partial charge < -0.3 is 4.90 Å². The maximum atomic E-state index is 2.39. The average molecular weight is 716 g/mol. The SMILES string of the molecule is c1ccc2c(c1)sc1cc(-c3ccc(N(c4ccc(-c5ccc6c(c5)sc5ccccc56)cc4)c4ccc5c(c4)sc4ccccc45)cc3)ccc12. The molecule has 0 aliphatic carbocycles. The normalized spacial score (nSPS) is 11.8. The highest BCUT2D eigenvalue weighted by atomic mass is 32.1. The van der Waals surface area contributed by atoms with Gasteiger partial charge in [-0.25, -0.2) is 0 Å². The number of thiophene rings is 3. The van der Waals surface area contributed by atoms with Crippen LogP contribution in [0.2, 0.25) is 0 Å². The predicted molar refractivity (Wildman–Crippen MR) is 231 cm³/mol. The van der Waals surface area contributed by atoms with Crippen molar-refractivity contribution in [2.75, 3.05) is 4.90 Å². The molecule has 11 aromatic rings. The molecule has 3 aromatic heterocycles. The number of benzene rings is 8. The number of nitrogens with zero attached hydrogens (tertiary/aromatic N) is 1. The van der Waals surface area contributed by atoms with Crippen LogP contribution in [-0.4, -0.2) is 0 Å². The number of rotatable bonds is 5. The van der Waals surface area contributed by atoms with Crippen LogP contribution in [0.1, 0.15) is 0 Å². The Morgan fingerprint density at radius 1 is 0.250 bits per heavy atom. The minimum absolute atomic E-state index is 1.13. The van der Waals surface area contributed by atoms with Crippen molar-refractivity contribution in [2.24, 2.45) is 0 Å². The van der Waals surface area contributed by atoms with Crippen molar-refractivity contribution >= 4 is 112 Å². The van der Waals surface area contributed by atoms with Gasteiger partial charge in [-0.2, -0.15) is 0 Å². The Balaban J connectivity index is 0.992. The first kappa shape index (κ1) is 29.9. The van der Waals surface area contributed by atoms with Crippen LogP contribution in [0, 0.1) is 0 Å². The maximum Gasteiger partial charge on any atom is 0.0476 e. The Bertz CT molecular complexity index is 2970. The molecular formula is C48H29NS3. The minimum Gasteiger partial charge on any atom is -0.310 e. The van der Waals surface area contributed by atoms with Crippen molar-refractivity contribution in [1.82, 2.24) is 0 Å². The number of fused-ring (bicyclic) bond motifs is 9. The van der Waals surface area contributed by atoms with E-state index in [0.29, 0.717) is 0 Å². The van der Waals surface area contributed by atoms with Crippen LogP contribution in [-0.2, 0) is 0 Å². The molecule has 0 radical (unpaired) electrons. The molecular weight excluding hydrogens is 687 g/mol. The zero-order valence-corrected chi connectivity index (χ0v) is 30.4. The number of anilines is 3. The maximum absolute atomic E-state index is 2.39. The summed E-state index contributed by atoms with van der Waals surface area (Å²) in [5, 5.41) is 7.96. The van der Waals surface area contributed by atoms with Gasteiger partial charge in [0.2, 0.25) is 0 Å². The molecule has 0 atom stereocenters. The van der Waals surface area contributed by atoms with E-state index < -0.39 is 0 Å². The first-order valence-electron chi connectivity index (χ1n) is 17.5. The molecule has 0 saturated heterocycles. The van der Waals surface area contributed by atoms with Gasteiger partial charge in [0, 0.05) is 77.6 Å². The van der Waals surface area contributed by atoms with Crippen molar-refractivity contribution in [3.63, 3.8) is 0 Å². The van der Waals surface area contributed by atoms with E-state index in [0.717, 1.165) is 17.1 Å². The topological polar surface area (TPSA) is 3.24 Å². The summed E-state index contributed by atoms with van der Waals surface area (Å²) in [4.78, 5) is 2.39. The van der Waals surface area contributed by atoms with Crippen molar-refractivity contribution in [2.45, 2.75) is 0 Å². The molecule has 3 heterocycles. The van der Waals surface area contributed by atoms with Gasteiger partial charge >= 0.3 is 0 Å². The Morgan fingerprint density at radius 3 is 1.02 bits per heavy atom. The van der Waals surface area contributed by atoms with Gasteiger partial charge in [0.05, 0.1) is 0 Å². The zero-order valence-electron chi connectivity index (χ0n) is 27.9. The van der Waals surface area contributed by atoms with Gasteiger partial charge in [-0.05, 0) is 89.0 Å². The quantitative estimate of drug-likeness (QED) is 0.171. The fraction of sp³-hybridized carbons (Fsp3) is 0. The van der Waals surface area contributed by atoms with E-state index in [1.807, 2.05) is 34.0 Å². The number of hydrogen-bond acceptors (Lipinski definition) is 4. The Morgan fingerprint density at radius 2 is 0.577 bits per heavy atom. The van der Waals surface area contributed by atoms with Crippen LogP contribution in [0.4, 0.5) is 17.1 Å². The fourth-order valence-electron chi connectivity index (χ4n) is 7.72. The van der Waals surface area contributed by atoms with E-state index in [1.165, 1.54) is 82.8 Å². The standard InChI is InChI=1S/C48H29NS3/c1-4-10-43-37(7-1)40-24-17-32(27-46(40)50-43)30-13-19-34(20-14-30)49(36-23-26-42-39-9-3-6-12-45(39)52-48(42)29-36)35-21-15-31(16-22-35)33-18-25-41-38-8-2-5-11-44(38)51-47(41)28-33/h1-29H. The van der Waals surface area contributed by atoms with Crippen molar-refractivity contribution in [3.05, 3.63) is 176 Å². The molecule has 0 N–H and O–H groups in total. The molecule has 0 amide bonds. The van der Waals surface area contributed by atoms with Crippen LogP contribution in [0.25, 0.3) is 82.8 Å². The highest BCUT2D eigenvalue weighted by Crippen LogP contribution is 2.43. The third-order valence-corrected chi connectivity index (χ3v) is 13.7. The molecule has 8 aromatic carbocycles. The third-order valence-electron chi connectivity index (χ3n) is 10.3. The minimum atomic E-state index is 1.13. The lowest BCUT2D eigenvalue weighted by molar-refractivity contribution is 1.29. The van der Waals surface area contributed by atoms with Crippen molar-refractivity contribution < 1.29 is 0 Å². The molecule has 11 rings (SSSR count). The smallest absolute Gasteiger partial charge is 0.0476 e. The van der Waals surface area contributed by atoms with Gasteiger partial charge in [0.1, 0.15) is 0 Å². The summed E-state index contributed by atoms with van der Waals surface area (Å²) < 4.78 is 7.94. The van der Waals surface area contributed by atoms with E-state index in [1.54, 1.807) is 0 Å². The summed E-state index contributed by atoms with van der Waals surface area (Å²) >= 11 is 5.60. The highest BCUT2D eigenvalue weighted by molar-refractivity contribution is 7.26. The van der Waals surface area contributed by atoms with Crippen LogP contribution < -0.4 is 4.90 Å². The molecule has 4 heteroatoms. The van der Waals surface area contributed by atoms with Crippen molar-refractivity contribution in [3.8, 4) is 22.3 Å². The summed E-state index contributed by atoms with van der Waals surface area (Å²) in [6.45, 7) is 0. The van der Waals surface area contributed by atoms with Gasteiger partial charge in [0.15, 0.2) is 0 Å². The Hall–Kier alpha value is -5.78. The van der Waals surface area contributed by atoms with E-state index in [4.69, 9.17) is 0 Å². The second-order valence-corrected chi connectivity index (χ2v) is 16.6. The summed E-state index contributed by atoms with van der Waals surface area (Å²) in [6, 6.07) is 64.9. The monoisotopic (exact) mass is 715 g/mol. The molecule has 52 heavy (non-hydrogen) atoms. The lowest BCUT2D eigenvalue weighted by Gasteiger charge is -2.26. The second kappa shape index (κ2) is 11.9. The summed E-state index contributed by atoms with van der Waals surface area (Å²) in [5.74, 6) is 0. The van der Waals surface area contributed by atoms with Crippen LogP contribution in [0.15, 0.2) is 176 Å². The molecule has 0 unspecified atom stereocenters. The van der Waals surface area contributed by atoms with E-state index in [2.05, 4.69) is 181 Å². The van der Waals surface area contributed by atoms with Gasteiger partial charge in [-0.1, -0.05) is 109 Å². The fourth-order valence-corrected chi connectivity index (χ4v) is 11.1. The number of hydrogen-bond donors (Lipinski definition) is 0. The first-order valence-corrected chi connectivity index (χ1v) is 19.9. The lowest BCUT2D eigenvalue weighted by Crippen LogP contribution is -2.09. The van der Waals surface area contributed by atoms with Crippen LogP contribution >= 0.6 is 34.0 Å². The predicted octanol–water partition coefficient (Wildman–Crippen LogP) is 15.6. The molecule has 0 aliphatic heterocycles. The van der Waals surface area contributed by atoms with E-state index in [9.17, 15) is 0 Å². The molecule has 0 aliphatic rings. The van der Waals surface area contributed by atoms with Gasteiger partial charge in [0.25, 0.3) is 0 Å². The molecule has 0 bridgehead atoms. The largest absolute Gasteiger partial charge is 0.310 e. The van der Waals surface area contributed by atoms with Gasteiger partial charge in [-0.15, -0.1) is 34.0 Å². The molecule has 0 fully saturated rings. The molecule has 0 saturated carbocycles. The van der Waals surface area contributed by atoms with E-state index >= 15 is 0 Å². The second-order valence-electron chi connectivity index (χ2n) is 13.3. The van der Waals surface area contributed by atoms with Gasteiger partial charge in [-0.3, -0.25) is 0 Å². The van der Waals surface area contributed by atoms with E-state index in [-0.39, 0.29) is 0 Å². The average Bonchev–Trinajstić information content (AvgIpc) is 3.89. The summed E-state index contributed by atoms with van der Waals surface area (Å²) in [5.41, 5.74) is 8.33. The Kier molecular flexibility index (Phi) is 6.84.